The first-order chi connectivity index (χ1) is 11.3. The smallest absolute Gasteiger partial charge is 0.344 e. The van der Waals surface area contributed by atoms with Crippen molar-refractivity contribution in [3.63, 3.8) is 0 Å². The summed E-state index contributed by atoms with van der Waals surface area (Å²) in [5.41, 5.74) is 9.16. The highest BCUT2D eigenvalue weighted by molar-refractivity contribution is 6.17. The average Bonchev–Trinajstić information content (AvgIpc) is 3.24. The Kier molecular flexibility index (Phi) is 3.68. The first kappa shape index (κ1) is 14.5. The number of hydrogen-bond donors (Lipinski definition) is 3. The number of fused-ring (bicyclic) bond motifs is 1. The van der Waals surface area contributed by atoms with E-state index in [9.17, 15) is 4.39 Å². The summed E-state index contributed by atoms with van der Waals surface area (Å²) in [4.78, 5) is 0. The maximum Gasteiger partial charge on any atom is 0.344 e. The van der Waals surface area contributed by atoms with Gasteiger partial charge in [-0.1, -0.05) is 10.7 Å². The number of nitrogens with zero attached hydrogens (tertiary/aromatic N) is 1. The van der Waals surface area contributed by atoms with Crippen LogP contribution in [0.3, 0.4) is 0 Å². The zero-order valence-corrected chi connectivity index (χ0v) is 13.1. The topological polar surface area (TPSA) is 64.2 Å². The second-order valence-corrected chi connectivity index (χ2v) is 6.60. The van der Waals surface area contributed by atoms with Crippen LogP contribution < -0.4 is 21.0 Å². The van der Waals surface area contributed by atoms with E-state index >= 15 is 0 Å². The SMILES string of the molecule is NC=CC(C1=CC2C=[N+]=C2C(NC2CCNC2)=C1)=C(F)C1CC1. The van der Waals surface area contributed by atoms with Crippen molar-refractivity contribution >= 4 is 11.9 Å². The lowest BCUT2D eigenvalue weighted by Gasteiger charge is -2.21. The quantitative estimate of drug-likeness (QED) is 0.526. The number of hydrogen-bond acceptors (Lipinski definition) is 3. The van der Waals surface area contributed by atoms with Crippen molar-refractivity contribution in [1.29, 1.82) is 0 Å². The molecule has 1 saturated carbocycles. The minimum atomic E-state index is -0.0317. The van der Waals surface area contributed by atoms with Crippen LogP contribution in [-0.2, 0) is 0 Å². The van der Waals surface area contributed by atoms with Gasteiger partial charge < -0.3 is 16.4 Å². The first-order valence-electron chi connectivity index (χ1n) is 8.36. The van der Waals surface area contributed by atoms with E-state index in [1.807, 2.05) is 12.3 Å². The summed E-state index contributed by atoms with van der Waals surface area (Å²) >= 11 is 0. The summed E-state index contributed by atoms with van der Waals surface area (Å²) in [6, 6.07) is 0.412. The molecule has 2 fully saturated rings. The fourth-order valence-electron chi connectivity index (χ4n) is 3.32. The average molecular weight is 313 g/mol. The summed E-state index contributed by atoms with van der Waals surface area (Å²) in [6.07, 6.45) is 12.1. The molecule has 2 aliphatic carbocycles. The molecule has 1 saturated heterocycles. The predicted octanol–water partition coefficient (Wildman–Crippen LogP) is 1.08. The van der Waals surface area contributed by atoms with Crippen LogP contribution in [0.25, 0.3) is 0 Å². The Labute approximate surface area is 135 Å². The fraction of sp³-hybridized carbons (Fsp3) is 0.444. The molecule has 0 bridgehead atoms. The molecule has 2 heterocycles. The van der Waals surface area contributed by atoms with Gasteiger partial charge in [0.2, 0.25) is 0 Å². The second-order valence-electron chi connectivity index (χ2n) is 6.60. The van der Waals surface area contributed by atoms with Crippen LogP contribution in [0.5, 0.6) is 0 Å². The van der Waals surface area contributed by atoms with Crippen molar-refractivity contribution in [2.45, 2.75) is 25.3 Å². The number of halogens is 1. The molecular weight excluding hydrogens is 291 g/mol. The molecule has 5 heteroatoms. The molecule has 0 aromatic heterocycles. The van der Waals surface area contributed by atoms with E-state index in [4.69, 9.17) is 5.73 Å². The van der Waals surface area contributed by atoms with Crippen molar-refractivity contribution in [3.8, 4) is 0 Å². The maximum absolute atomic E-state index is 14.6. The van der Waals surface area contributed by atoms with Gasteiger partial charge in [-0.05, 0) is 49.7 Å². The van der Waals surface area contributed by atoms with Crippen LogP contribution in [0.15, 0.2) is 47.1 Å². The molecule has 4 rings (SSSR count). The maximum atomic E-state index is 14.6. The Morgan fingerprint density at radius 1 is 1.39 bits per heavy atom. The van der Waals surface area contributed by atoms with Crippen LogP contribution in [0, 0.1) is 11.8 Å². The third kappa shape index (κ3) is 2.78. The van der Waals surface area contributed by atoms with E-state index in [1.165, 1.54) is 6.20 Å². The number of allylic oxidation sites excluding steroid dienone is 7. The zero-order chi connectivity index (χ0) is 15.8. The lowest BCUT2D eigenvalue weighted by atomic mass is 9.86. The molecule has 2 aliphatic heterocycles. The lowest BCUT2D eigenvalue weighted by molar-refractivity contribution is 0.571. The van der Waals surface area contributed by atoms with E-state index in [2.05, 4.69) is 21.4 Å². The van der Waals surface area contributed by atoms with Crippen molar-refractivity contribution in [2.24, 2.45) is 17.6 Å². The van der Waals surface area contributed by atoms with Gasteiger partial charge in [-0.3, -0.25) is 0 Å². The van der Waals surface area contributed by atoms with Gasteiger partial charge in [-0.25, -0.2) is 4.39 Å². The third-order valence-electron chi connectivity index (χ3n) is 4.81. The molecule has 4 nitrogen and oxygen atoms in total. The highest BCUT2D eigenvalue weighted by atomic mass is 19.1. The number of nitrogens with two attached hydrogens (primary N) is 1. The summed E-state index contributed by atoms with van der Waals surface area (Å²) in [6.45, 7) is 1.99. The number of rotatable bonds is 5. The Morgan fingerprint density at radius 2 is 2.26 bits per heavy atom. The van der Waals surface area contributed by atoms with Crippen molar-refractivity contribution < 1.29 is 4.39 Å². The summed E-state index contributed by atoms with van der Waals surface area (Å²) in [7, 11) is 0. The zero-order valence-electron chi connectivity index (χ0n) is 13.1. The monoisotopic (exact) mass is 313 g/mol. The molecule has 0 aromatic carbocycles. The van der Waals surface area contributed by atoms with E-state index < -0.39 is 0 Å². The predicted molar refractivity (Wildman–Crippen MR) is 91.5 cm³/mol. The molecule has 4 N–H and O–H groups in total. The summed E-state index contributed by atoms with van der Waals surface area (Å²) in [5.74, 6) is 0.224. The van der Waals surface area contributed by atoms with Crippen LogP contribution in [0.2, 0.25) is 0 Å². The molecule has 2 atom stereocenters. The van der Waals surface area contributed by atoms with Gasteiger partial charge in [-0.2, -0.15) is 0 Å². The Bertz CT molecular complexity index is 697. The van der Waals surface area contributed by atoms with Crippen LogP contribution in [-0.4, -0.2) is 31.1 Å². The molecule has 0 amide bonds. The third-order valence-corrected chi connectivity index (χ3v) is 4.81. The van der Waals surface area contributed by atoms with Crippen LogP contribution in [0.4, 0.5) is 4.39 Å². The van der Waals surface area contributed by atoms with Crippen molar-refractivity contribution in [2.75, 3.05) is 13.1 Å². The Morgan fingerprint density at radius 3 is 2.87 bits per heavy atom. The van der Waals surface area contributed by atoms with Gasteiger partial charge in [0.25, 0.3) is 6.21 Å². The van der Waals surface area contributed by atoms with Gasteiger partial charge in [0, 0.05) is 24.1 Å². The molecule has 2 unspecified atom stereocenters. The van der Waals surface area contributed by atoms with Crippen LogP contribution >= 0.6 is 0 Å². The molecule has 4 aliphatic rings. The second kappa shape index (κ2) is 5.84. The van der Waals surface area contributed by atoms with Crippen molar-refractivity contribution in [3.05, 3.63) is 47.1 Å². The fourth-order valence-corrected chi connectivity index (χ4v) is 3.32. The molecule has 120 valence electrons. The molecule has 0 spiro atoms. The van der Waals surface area contributed by atoms with Gasteiger partial charge in [0.1, 0.15) is 11.5 Å². The Balaban J connectivity index is 1.65. The standard InChI is InChI=1S/C18H22FN4/c19-17(11-1-2-11)15(3-5-20)12-7-13-9-22-18(13)16(8-12)23-14-4-6-21-10-14/h3,5,7-9,11,13-14,21,23H,1-2,4,6,10,20H2/q+1. The minimum absolute atomic E-state index is 0.0317. The van der Waals surface area contributed by atoms with Crippen molar-refractivity contribution in [1.82, 2.24) is 15.3 Å². The molecule has 0 aromatic rings. The minimum Gasteiger partial charge on any atom is -0.405 e. The van der Waals surface area contributed by atoms with Gasteiger partial charge >= 0.3 is 5.71 Å². The lowest BCUT2D eigenvalue weighted by Crippen LogP contribution is -2.41. The summed E-state index contributed by atoms with van der Waals surface area (Å²) in [5, 5.41) is 6.92. The van der Waals surface area contributed by atoms with Gasteiger partial charge in [0.05, 0.1) is 0 Å². The van der Waals surface area contributed by atoms with E-state index in [0.29, 0.717) is 11.6 Å². The highest BCUT2D eigenvalue weighted by Gasteiger charge is 2.40. The first-order valence-corrected chi connectivity index (χ1v) is 8.36. The molecule has 0 radical (unpaired) electrons. The Hall–Kier alpha value is -2.10. The van der Waals surface area contributed by atoms with E-state index in [1.54, 1.807) is 6.08 Å². The number of nitrogens with one attached hydrogen (secondary N) is 2. The van der Waals surface area contributed by atoms with Gasteiger partial charge in [-0.15, -0.1) is 0 Å². The largest absolute Gasteiger partial charge is 0.405 e. The normalized spacial score (nSPS) is 30.2. The highest BCUT2D eigenvalue weighted by Crippen LogP contribution is 2.41. The van der Waals surface area contributed by atoms with Crippen LogP contribution in [0.1, 0.15) is 19.3 Å². The van der Waals surface area contributed by atoms with E-state index in [0.717, 1.165) is 49.3 Å². The molecular formula is C18H22FN4+. The van der Waals surface area contributed by atoms with E-state index in [-0.39, 0.29) is 17.7 Å². The van der Waals surface area contributed by atoms with Gasteiger partial charge in [0.15, 0.2) is 5.92 Å². The molecule has 23 heavy (non-hydrogen) atoms. The summed E-state index contributed by atoms with van der Waals surface area (Å²) < 4.78 is 19.0.